The number of carboxylic acids is 1. The Bertz CT molecular complexity index is 504. The van der Waals surface area contributed by atoms with Crippen molar-refractivity contribution in [2.24, 2.45) is 0 Å². The molecule has 0 amide bonds. The van der Waals surface area contributed by atoms with Gasteiger partial charge in [0, 0.05) is 5.69 Å². The first-order valence-electron chi connectivity index (χ1n) is 4.70. The number of fused-ring (bicyclic) bond motifs is 1. The molecule has 0 aliphatic heterocycles. The maximum absolute atomic E-state index is 10.5. The Morgan fingerprint density at radius 3 is 3.00 bits per heavy atom. The molecular weight excluding hydrogens is 194 g/mol. The third-order valence-corrected chi connectivity index (χ3v) is 2.27. The summed E-state index contributed by atoms with van der Waals surface area (Å²) in [6.45, 7) is 1.85. The molecule has 0 unspecified atom stereocenters. The van der Waals surface area contributed by atoms with Crippen molar-refractivity contribution in [3.63, 3.8) is 0 Å². The van der Waals surface area contributed by atoms with Crippen LogP contribution in [0.5, 0.6) is 0 Å². The summed E-state index contributed by atoms with van der Waals surface area (Å²) in [4.78, 5) is 10.5. The van der Waals surface area contributed by atoms with Crippen LogP contribution >= 0.6 is 0 Å². The van der Waals surface area contributed by atoms with Gasteiger partial charge in [-0.05, 0) is 25.5 Å². The molecule has 2 rings (SSSR count). The van der Waals surface area contributed by atoms with Crippen LogP contribution in [0.3, 0.4) is 0 Å². The van der Waals surface area contributed by atoms with Gasteiger partial charge in [0.15, 0.2) is 5.65 Å². The van der Waals surface area contributed by atoms with Crippen LogP contribution in [0.25, 0.3) is 5.65 Å². The summed E-state index contributed by atoms with van der Waals surface area (Å²) in [6, 6.07) is 5.61. The number of rotatable bonds is 3. The molecule has 0 aliphatic rings. The number of hydrogen-bond acceptors (Lipinski definition) is 3. The van der Waals surface area contributed by atoms with Crippen molar-refractivity contribution in [1.29, 1.82) is 0 Å². The number of aliphatic carboxylic acids is 1. The number of aryl methyl sites for hydroxylation is 2. The second kappa shape index (κ2) is 3.68. The fourth-order valence-electron chi connectivity index (χ4n) is 1.59. The van der Waals surface area contributed by atoms with E-state index in [-0.39, 0.29) is 6.42 Å². The first-order chi connectivity index (χ1) is 7.18. The zero-order valence-corrected chi connectivity index (χ0v) is 8.34. The predicted molar refractivity (Wildman–Crippen MR) is 53.7 cm³/mol. The number of hydrogen-bond donors (Lipinski definition) is 1. The van der Waals surface area contributed by atoms with E-state index in [1.54, 1.807) is 0 Å². The average Bonchev–Trinajstić information content (AvgIpc) is 2.58. The highest BCUT2D eigenvalue weighted by Gasteiger charge is 2.06. The quantitative estimate of drug-likeness (QED) is 0.813. The van der Waals surface area contributed by atoms with E-state index in [9.17, 15) is 4.79 Å². The highest BCUT2D eigenvalue weighted by atomic mass is 16.4. The van der Waals surface area contributed by atoms with Crippen molar-refractivity contribution in [2.75, 3.05) is 0 Å². The lowest BCUT2D eigenvalue weighted by molar-refractivity contribution is -0.136. The molecule has 5 heteroatoms. The normalized spacial score (nSPS) is 10.7. The van der Waals surface area contributed by atoms with Crippen LogP contribution in [0.1, 0.15) is 17.9 Å². The predicted octanol–water partition coefficient (Wildman–Crippen LogP) is 1.05. The Balaban J connectivity index is 2.41. The minimum atomic E-state index is -0.794. The van der Waals surface area contributed by atoms with E-state index in [1.807, 2.05) is 29.5 Å². The van der Waals surface area contributed by atoms with Crippen molar-refractivity contribution in [1.82, 2.24) is 14.6 Å². The molecule has 0 fully saturated rings. The van der Waals surface area contributed by atoms with Gasteiger partial charge in [-0.15, -0.1) is 10.2 Å². The van der Waals surface area contributed by atoms with E-state index in [4.69, 9.17) is 5.11 Å². The molecule has 1 N–H and O–H groups in total. The van der Waals surface area contributed by atoms with Gasteiger partial charge >= 0.3 is 5.97 Å². The van der Waals surface area contributed by atoms with Gasteiger partial charge in [0.05, 0.1) is 6.42 Å². The summed E-state index contributed by atoms with van der Waals surface area (Å²) >= 11 is 0. The minimum Gasteiger partial charge on any atom is -0.481 e. The fourth-order valence-corrected chi connectivity index (χ4v) is 1.59. The number of nitrogens with zero attached hydrogens (tertiary/aromatic N) is 3. The molecule has 2 aromatic rings. The van der Waals surface area contributed by atoms with E-state index < -0.39 is 5.97 Å². The number of aromatic nitrogens is 3. The number of carboxylic acid groups (broad SMARTS) is 1. The molecule has 0 aromatic carbocycles. The third kappa shape index (κ3) is 1.81. The van der Waals surface area contributed by atoms with Crippen LogP contribution in [0, 0.1) is 6.92 Å². The molecule has 5 nitrogen and oxygen atoms in total. The molecule has 0 radical (unpaired) electrons. The van der Waals surface area contributed by atoms with Gasteiger partial charge < -0.3 is 5.11 Å². The maximum Gasteiger partial charge on any atom is 0.303 e. The molecule has 0 saturated heterocycles. The summed E-state index contributed by atoms with van der Waals surface area (Å²) in [6.07, 6.45) is 0.613. The van der Waals surface area contributed by atoms with Crippen LogP contribution in [-0.2, 0) is 11.2 Å². The average molecular weight is 205 g/mol. The van der Waals surface area contributed by atoms with Crippen LogP contribution < -0.4 is 0 Å². The lowest BCUT2D eigenvalue weighted by atomic mass is 10.2. The van der Waals surface area contributed by atoms with Gasteiger partial charge in [-0.2, -0.15) is 0 Å². The zero-order chi connectivity index (χ0) is 10.8. The van der Waals surface area contributed by atoms with Gasteiger partial charge in [-0.25, -0.2) is 0 Å². The van der Waals surface area contributed by atoms with Crippen LogP contribution in [0.15, 0.2) is 18.2 Å². The van der Waals surface area contributed by atoms with Gasteiger partial charge in [-0.3, -0.25) is 9.20 Å². The summed E-state index contributed by atoms with van der Waals surface area (Å²) in [5, 5.41) is 16.5. The smallest absolute Gasteiger partial charge is 0.303 e. The first kappa shape index (κ1) is 9.64. The maximum atomic E-state index is 10.5. The van der Waals surface area contributed by atoms with Gasteiger partial charge in [0.1, 0.15) is 5.82 Å². The zero-order valence-electron chi connectivity index (χ0n) is 8.34. The van der Waals surface area contributed by atoms with Crippen LogP contribution in [-0.4, -0.2) is 25.7 Å². The molecule has 2 aromatic heterocycles. The second-order valence-electron chi connectivity index (χ2n) is 3.35. The van der Waals surface area contributed by atoms with Crippen LogP contribution in [0.4, 0.5) is 0 Å². The molecule has 0 bridgehead atoms. The molecule has 0 atom stereocenters. The van der Waals surface area contributed by atoms with Crippen molar-refractivity contribution < 1.29 is 9.90 Å². The Morgan fingerprint density at radius 2 is 2.27 bits per heavy atom. The topological polar surface area (TPSA) is 67.5 Å². The van der Waals surface area contributed by atoms with Gasteiger partial charge in [0.25, 0.3) is 0 Å². The second-order valence-corrected chi connectivity index (χ2v) is 3.35. The lowest BCUT2D eigenvalue weighted by Gasteiger charge is -2.03. The third-order valence-electron chi connectivity index (χ3n) is 2.27. The molecule has 15 heavy (non-hydrogen) atoms. The number of pyridine rings is 1. The highest BCUT2D eigenvalue weighted by Crippen LogP contribution is 2.09. The standard InChI is InChI=1S/C10H11N3O2/c1-7-11-12-9-4-2-3-8(13(7)9)5-6-10(14)15/h2-4H,5-6H2,1H3,(H,14,15). The van der Waals surface area contributed by atoms with Crippen LogP contribution in [0.2, 0.25) is 0 Å². The summed E-state index contributed by atoms with van der Waals surface area (Å²) < 4.78 is 1.88. The summed E-state index contributed by atoms with van der Waals surface area (Å²) in [5.74, 6) is -0.0104. The number of carbonyl (C=O) groups is 1. The van der Waals surface area contributed by atoms with E-state index in [0.29, 0.717) is 6.42 Å². The Hall–Kier alpha value is -1.91. The molecular formula is C10H11N3O2. The first-order valence-corrected chi connectivity index (χ1v) is 4.70. The summed E-state index contributed by atoms with van der Waals surface area (Å²) in [7, 11) is 0. The lowest BCUT2D eigenvalue weighted by Crippen LogP contribution is -2.03. The van der Waals surface area contributed by atoms with Crippen molar-refractivity contribution in [3.8, 4) is 0 Å². The van der Waals surface area contributed by atoms with Gasteiger partial charge in [0.2, 0.25) is 0 Å². The summed E-state index contributed by atoms with van der Waals surface area (Å²) in [5.41, 5.74) is 1.69. The van der Waals surface area contributed by atoms with Crippen molar-refractivity contribution >= 4 is 11.6 Å². The van der Waals surface area contributed by atoms with Gasteiger partial charge in [-0.1, -0.05) is 6.07 Å². The highest BCUT2D eigenvalue weighted by molar-refractivity contribution is 5.67. The Kier molecular flexibility index (Phi) is 2.37. The largest absolute Gasteiger partial charge is 0.481 e. The SMILES string of the molecule is Cc1nnc2cccc(CCC(=O)O)n12. The van der Waals surface area contributed by atoms with Crippen molar-refractivity contribution in [2.45, 2.75) is 19.8 Å². The monoisotopic (exact) mass is 205 g/mol. The molecule has 78 valence electrons. The minimum absolute atomic E-state index is 0.122. The molecule has 0 saturated carbocycles. The Morgan fingerprint density at radius 1 is 1.47 bits per heavy atom. The van der Waals surface area contributed by atoms with Crippen molar-refractivity contribution in [3.05, 3.63) is 29.7 Å². The Labute approximate surface area is 86.4 Å². The van der Waals surface area contributed by atoms with E-state index in [1.165, 1.54) is 0 Å². The molecule has 0 aliphatic carbocycles. The van der Waals surface area contributed by atoms with E-state index in [0.717, 1.165) is 17.2 Å². The van der Waals surface area contributed by atoms with E-state index >= 15 is 0 Å². The van der Waals surface area contributed by atoms with E-state index in [2.05, 4.69) is 10.2 Å². The molecule has 2 heterocycles. The molecule has 0 spiro atoms. The fraction of sp³-hybridized carbons (Fsp3) is 0.300.